The van der Waals surface area contributed by atoms with Gasteiger partial charge >= 0.3 is 6.03 Å². The van der Waals surface area contributed by atoms with Crippen LogP contribution in [0.3, 0.4) is 0 Å². The molecule has 2 aromatic rings. The number of benzene rings is 1. The van der Waals surface area contributed by atoms with Crippen LogP contribution >= 0.6 is 0 Å². The number of hydrogen-bond acceptors (Lipinski definition) is 3. The predicted molar refractivity (Wildman–Crippen MR) is 93.7 cm³/mol. The molecule has 134 valence electrons. The fourth-order valence-corrected chi connectivity index (χ4v) is 3.10. The molecular formula is C18H24FN5O. The summed E-state index contributed by atoms with van der Waals surface area (Å²) in [6, 6.07) is 5.64. The molecule has 25 heavy (non-hydrogen) atoms. The van der Waals surface area contributed by atoms with Gasteiger partial charge in [-0.3, -0.25) is 0 Å². The average Bonchev–Trinajstić information content (AvgIpc) is 2.88. The number of amides is 2. The molecule has 7 heteroatoms. The summed E-state index contributed by atoms with van der Waals surface area (Å²) < 4.78 is 15.5. The van der Waals surface area contributed by atoms with Gasteiger partial charge in [-0.15, -0.1) is 0 Å². The summed E-state index contributed by atoms with van der Waals surface area (Å²) in [5.41, 5.74) is 0.676. The molecule has 0 radical (unpaired) electrons. The lowest BCUT2D eigenvalue weighted by Gasteiger charge is -2.25. The lowest BCUT2D eigenvalue weighted by atomic mass is 10.1. The molecule has 3 rings (SSSR count). The van der Waals surface area contributed by atoms with Gasteiger partial charge in [-0.2, -0.15) is 0 Å². The van der Waals surface area contributed by atoms with E-state index in [1.165, 1.54) is 12.1 Å². The molecule has 0 saturated carbocycles. The maximum atomic E-state index is 13.7. The van der Waals surface area contributed by atoms with E-state index in [2.05, 4.69) is 22.2 Å². The Morgan fingerprint density at radius 2 is 2.08 bits per heavy atom. The van der Waals surface area contributed by atoms with E-state index >= 15 is 0 Å². The van der Waals surface area contributed by atoms with Gasteiger partial charge in [0, 0.05) is 39.1 Å². The Balaban J connectivity index is 1.83. The first kappa shape index (κ1) is 17.4. The van der Waals surface area contributed by atoms with Crippen LogP contribution < -0.4 is 5.32 Å². The molecule has 2 amide bonds. The number of urea groups is 1. The Bertz CT molecular complexity index is 732. The Morgan fingerprint density at radius 3 is 2.80 bits per heavy atom. The van der Waals surface area contributed by atoms with Gasteiger partial charge in [0.2, 0.25) is 0 Å². The van der Waals surface area contributed by atoms with Crippen molar-refractivity contribution in [2.24, 2.45) is 7.05 Å². The molecule has 1 aromatic carbocycles. The third kappa shape index (κ3) is 4.17. The number of imidazole rings is 1. The maximum Gasteiger partial charge on any atom is 0.318 e. The minimum Gasteiger partial charge on any atom is -0.336 e. The first-order valence-electron chi connectivity index (χ1n) is 8.51. The van der Waals surface area contributed by atoms with Gasteiger partial charge in [0.15, 0.2) is 0 Å². The van der Waals surface area contributed by atoms with Crippen LogP contribution in [0.5, 0.6) is 0 Å². The van der Waals surface area contributed by atoms with E-state index in [4.69, 9.17) is 0 Å². The van der Waals surface area contributed by atoms with E-state index in [-0.39, 0.29) is 11.8 Å². The van der Waals surface area contributed by atoms with Gasteiger partial charge in [-0.05, 0) is 37.7 Å². The molecule has 1 aliphatic rings. The number of halogens is 1. The van der Waals surface area contributed by atoms with Crippen LogP contribution in [0.2, 0.25) is 0 Å². The summed E-state index contributed by atoms with van der Waals surface area (Å²) in [6.45, 7) is 3.22. The van der Waals surface area contributed by atoms with E-state index in [0.717, 1.165) is 19.5 Å². The highest BCUT2D eigenvalue weighted by Crippen LogP contribution is 2.21. The van der Waals surface area contributed by atoms with E-state index in [0.29, 0.717) is 24.5 Å². The molecule has 2 heterocycles. The van der Waals surface area contributed by atoms with E-state index in [9.17, 15) is 9.18 Å². The lowest BCUT2D eigenvalue weighted by molar-refractivity contribution is 0.196. The smallest absolute Gasteiger partial charge is 0.318 e. The van der Waals surface area contributed by atoms with Crippen molar-refractivity contribution in [1.82, 2.24) is 24.7 Å². The highest BCUT2D eigenvalue weighted by molar-refractivity contribution is 5.75. The summed E-state index contributed by atoms with van der Waals surface area (Å²) in [5, 5.41) is 3.03. The number of carbonyl (C=O) groups excluding carboxylic acids is 1. The Kier molecular flexibility index (Phi) is 5.33. The standard InChI is InChI=1S/C18H24FN5O/c1-22-8-4-9-24(12-11-22)18(25)21-16(17-20-7-10-23(17)2)14-5-3-6-15(19)13-14/h3,5-7,10,13,16H,4,8-9,11-12H2,1-2H3,(H,21,25)/t16-/m0/s1. The quantitative estimate of drug-likeness (QED) is 0.926. The van der Waals surface area contributed by atoms with E-state index < -0.39 is 6.04 Å². The SMILES string of the molecule is CN1CCCN(C(=O)N[C@@H](c2cccc(F)c2)c2nccn2C)CC1. The van der Waals surface area contributed by atoms with Gasteiger partial charge in [-0.1, -0.05) is 12.1 Å². The molecule has 6 nitrogen and oxygen atoms in total. The van der Waals surface area contributed by atoms with Crippen molar-refractivity contribution in [3.05, 3.63) is 53.9 Å². The van der Waals surface area contributed by atoms with Crippen LogP contribution in [0.1, 0.15) is 23.9 Å². The van der Waals surface area contributed by atoms with E-state index in [1.54, 1.807) is 18.3 Å². The average molecular weight is 345 g/mol. The molecule has 1 aromatic heterocycles. The fourth-order valence-electron chi connectivity index (χ4n) is 3.10. The van der Waals surface area contributed by atoms with Crippen molar-refractivity contribution in [2.75, 3.05) is 33.2 Å². The monoisotopic (exact) mass is 345 g/mol. The number of aromatic nitrogens is 2. The van der Waals surface area contributed by atoms with Gasteiger partial charge in [0.1, 0.15) is 17.7 Å². The first-order valence-corrected chi connectivity index (χ1v) is 8.51. The van der Waals surface area contributed by atoms with Gasteiger partial charge in [0.25, 0.3) is 0 Å². The molecule has 0 bridgehead atoms. The molecule has 1 saturated heterocycles. The molecular weight excluding hydrogens is 321 g/mol. The van der Waals surface area contributed by atoms with Crippen molar-refractivity contribution >= 4 is 6.03 Å². The Hall–Kier alpha value is -2.41. The maximum absolute atomic E-state index is 13.7. The first-order chi connectivity index (χ1) is 12.0. The van der Waals surface area contributed by atoms with Crippen LogP contribution in [-0.4, -0.2) is 58.6 Å². The summed E-state index contributed by atoms with van der Waals surface area (Å²) in [5.74, 6) is 0.341. The second kappa shape index (κ2) is 7.65. The summed E-state index contributed by atoms with van der Waals surface area (Å²) >= 11 is 0. The van der Waals surface area contributed by atoms with Crippen LogP contribution in [0, 0.1) is 5.82 Å². The summed E-state index contributed by atoms with van der Waals surface area (Å²) in [6.07, 6.45) is 4.43. The molecule has 1 aliphatic heterocycles. The normalized spacial score (nSPS) is 17.2. The zero-order valence-corrected chi connectivity index (χ0v) is 14.7. The second-order valence-corrected chi connectivity index (χ2v) is 6.48. The third-order valence-electron chi connectivity index (χ3n) is 4.57. The molecule has 0 unspecified atom stereocenters. The highest BCUT2D eigenvalue weighted by Gasteiger charge is 2.25. The third-order valence-corrected chi connectivity index (χ3v) is 4.57. The Morgan fingerprint density at radius 1 is 1.24 bits per heavy atom. The van der Waals surface area contributed by atoms with Crippen molar-refractivity contribution in [2.45, 2.75) is 12.5 Å². The van der Waals surface area contributed by atoms with Crippen LogP contribution in [0.4, 0.5) is 9.18 Å². The van der Waals surface area contributed by atoms with Crippen molar-refractivity contribution < 1.29 is 9.18 Å². The van der Waals surface area contributed by atoms with Crippen molar-refractivity contribution in [1.29, 1.82) is 0 Å². The molecule has 0 spiro atoms. The summed E-state index contributed by atoms with van der Waals surface area (Å²) in [7, 11) is 3.92. The van der Waals surface area contributed by atoms with Gasteiger partial charge < -0.3 is 19.7 Å². The number of carbonyl (C=O) groups is 1. The number of aryl methyl sites for hydroxylation is 1. The minimum absolute atomic E-state index is 0.146. The number of nitrogens with one attached hydrogen (secondary N) is 1. The van der Waals surface area contributed by atoms with Gasteiger partial charge in [0.05, 0.1) is 0 Å². The van der Waals surface area contributed by atoms with Crippen molar-refractivity contribution in [3.8, 4) is 0 Å². The van der Waals surface area contributed by atoms with Crippen LogP contribution in [-0.2, 0) is 7.05 Å². The number of rotatable bonds is 3. The molecule has 1 N–H and O–H groups in total. The zero-order valence-electron chi connectivity index (χ0n) is 14.7. The zero-order chi connectivity index (χ0) is 17.8. The predicted octanol–water partition coefficient (Wildman–Crippen LogP) is 2.00. The number of nitrogens with zero attached hydrogens (tertiary/aromatic N) is 4. The Labute approximate surface area is 147 Å². The fraction of sp³-hybridized carbons (Fsp3) is 0.444. The molecule has 1 fully saturated rings. The number of hydrogen-bond donors (Lipinski definition) is 1. The van der Waals surface area contributed by atoms with Crippen LogP contribution in [0.15, 0.2) is 36.7 Å². The number of likely N-dealkylation sites (N-methyl/N-ethyl adjacent to an activating group) is 1. The topological polar surface area (TPSA) is 53.4 Å². The molecule has 1 atom stereocenters. The van der Waals surface area contributed by atoms with Crippen molar-refractivity contribution in [3.63, 3.8) is 0 Å². The molecule has 0 aliphatic carbocycles. The van der Waals surface area contributed by atoms with Crippen LogP contribution in [0.25, 0.3) is 0 Å². The highest BCUT2D eigenvalue weighted by atomic mass is 19.1. The van der Waals surface area contributed by atoms with E-state index in [1.807, 2.05) is 22.7 Å². The largest absolute Gasteiger partial charge is 0.336 e. The second-order valence-electron chi connectivity index (χ2n) is 6.48. The minimum atomic E-state index is -0.496. The van der Waals surface area contributed by atoms with Gasteiger partial charge in [-0.25, -0.2) is 14.2 Å². The lowest BCUT2D eigenvalue weighted by Crippen LogP contribution is -2.44. The summed E-state index contributed by atoms with van der Waals surface area (Å²) in [4.78, 5) is 21.2.